The summed E-state index contributed by atoms with van der Waals surface area (Å²) in [6.45, 7) is 4.14. The lowest BCUT2D eigenvalue weighted by atomic mass is 10.2. The van der Waals surface area contributed by atoms with Crippen LogP contribution in [0.3, 0.4) is 0 Å². The van der Waals surface area contributed by atoms with Gasteiger partial charge >= 0.3 is 5.97 Å². The van der Waals surface area contributed by atoms with E-state index in [1.54, 1.807) is 19.2 Å². The highest BCUT2D eigenvalue weighted by molar-refractivity contribution is 5.83. The van der Waals surface area contributed by atoms with Crippen molar-refractivity contribution in [3.63, 3.8) is 0 Å². The number of hydrogen-bond acceptors (Lipinski definition) is 4. The number of halogens is 1. The molecule has 1 unspecified atom stereocenters. The van der Waals surface area contributed by atoms with Crippen LogP contribution in [-0.4, -0.2) is 36.5 Å². The van der Waals surface area contributed by atoms with Crippen LogP contribution in [0, 0.1) is 12.7 Å². The summed E-state index contributed by atoms with van der Waals surface area (Å²) in [5.74, 6) is -0.386. The summed E-state index contributed by atoms with van der Waals surface area (Å²) in [5.41, 5.74) is 1.77. The van der Waals surface area contributed by atoms with Gasteiger partial charge in [-0.25, -0.2) is 4.39 Å². The van der Waals surface area contributed by atoms with Crippen LogP contribution in [0.1, 0.15) is 30.9 Å². The van der Waals surface area contributed by atoms with E-state index in [2.05, 4.69) is 0 Å². The maximum absolute atomic E-state index is 13.2. The van der Waals surface area contributed by atoms with Crippen LogP contribution < -0.4 is 4.74 Å². The highest BCUT2D eigenvalue weighted by Crippen LogP contribution is 2.13. The summed E-state index contributed by atoms with van der Waals surface area (Å²) < 4.78 is 24.0. The molecule has 150 valence electrons. The van der Waals surface area contributed by atoms with Gasteiger partial charge in [-0.15, -0.1) is 0 Å². The lowest BCUT2D eigenvalue weighted by Gasteiger charge is -2.21. The van der Waals surface area contributed by atoms with Gasteiger partial charge in [0.2, 0.25) is 0 Å². The van der Waals surface area contributed by atoms with E-state index in [0.29, 0.717) is 18.6 Å². The molecule has 5 nitrogen and oxygen atoms in total. The van der Waals surface area contributed by atoms with Crippen molar-refractivity contribution >= 4 is 11.9 Å². The van der Waals surface area contributed by atoms with Gasteiger partial charge in [-0.1, -0.05) is 24.3 Å². The maximum Gasteiger partial charge on any atom is 0.306 e. The Labute approximate surface area is 165 Å². The fourth-order valence-corrected chi connectivity index (χ4v) is 2.72. The zero-order valence-electron chi connectivity index (χ0n) is 16.5. The molecule has 28 heavy (non-hydrogen) atoms. The minimum absolute atomic E-state index is 0.164. The van der Waals surface area contributed by atoms with Gasteiger partial charge in [-0.05, 0) is 55.7 Å². The average molecular weight is 387 g/mol. The van der Waals surface area contributed by atoms with Crippen LogP contribution in [0.15, 0.2) is 48.5 Å². The molecule has 2 rings (SSSR count). The summed E-state index contributed by atoms with van der Waals surface area (Å²) in [5, 5.41) is 0. The molecule has 0 spiro atoms. The van der Waals surface area contributed by atoms with Gasteiger partial charge in [-0.3, -0.25) is 9.59 Å². The second kappa shape index (κ2) is 10.4. The molecule has 0 aliphatic carbocycles. The van der Waals surface area contributed by atoms with Gasteiger partial charge in [0, 0.05) is 20.0 Å². The minimum atomic E-state index is -0.899. The summed E-state index contributed by atoms with van der Waals surface area (Å²) in [7, 11) is 1.59. The molecule has 0 aliphatic rings. The first-order chi connectivity index (χ1) is 13.3. The number of benzene rings is 2. The Morgan fingerprint density at radius 3 is 2.61 bits per heavy atom. The van der Waals surface area contributed by atoms with Crippen LogP contribution in [0.25, 0.3) is 0 Å². The molecule has 6 heteroatoms. The second-order valence-electron chi connectivity index (χ2n) is 6.72. The summed E-state index contributed by atoms with van der Waals surface area (Å²) in [6, 6.07) is 13.7. The van der Waals surface area contributed by atoms with Crippen molar-refractivity contribution in [2.75, 3.05) is 13.7 Å². The second-order valence-corrected chi connectivity index (χ2v) is 6.72. The molecule has 2 aromatic rings. The molecule has 0 aromatic heterocycles. The van der Waals surface area contributed by atoms with Crippen molar-refractivity contribution in [3.05, 3.63) is 65.5 Å². The molecule has 1 amide bonds. The summed E-state index contributed by atoms with van der Waals surface area (Å²) in [6.07, 6.45) is -0.243. The third-order valence-corrected chi connectivity index (χ3v) is 4.12. The number of hydrogen-bond donors (Lipinski definition) is 0. The normalized spacial score (nSPS) is 11.6. The van der Waals surface area contributed by atoms with Gasteiger partial charge in [0.25, 0.3) is 5.91 Å². The van der Waals surface area contributed by atoms with Crippen molar-refractivity contribution in [1.82, 2.24) is 4.90 Å². The largest absolute Gasteiger partial charge is 0.494 e. The Morgan fingerprint density at radius 2 is 1.89 bits per heavy atom. The fraction of sp³-hybridized carbons (Fsp3) is 0.364. The molecule has 0 fully saturated rings. The zero-order valence-corrected chi connectivity index (χ0v) is 16.5. The van der Waals surface area contributed by atoms with Crippen LogP contribution >= 0.6 is 0 Å². The average Bonchev–Trinajstić information content (AvgIpc) is 2.64. The van der Waals surface area contributed by atoms with Crippen molar-refractivity contribution < 1.29 is 23.5 Å². The summed E-state index contributed by atoms with van der Waals surface area (Å²) in [4.78, 5) is 25.7. The number of amides is 1. The maximum atomic E-state index is 13.2. The highest BCUT2D eigenvalue weighted by Gasteiger charge is 2.21. The number of rotatable bonds is 9. The van der Waals surface area contributed by atoms with Gasteiger partial charge in [0.05, 0.1) is 6.61 Å². The molecular formula is C22H26FNO4. The molecule has 0 saturated carbocycles. The van der Waals surface area contributed by atoms with Crippen molar-refractivity contribution in [2.24, 2.45) is 0 Å². The van der Waals surface area contributed by atoms with E-state index in [0.717, 1.165) is 11.3 Å². The Morgan fingerprint density at radius 1 is 1.14 bits per heavy atom. The molecule has 0 radical (unpaired) electrons. The SMILES string of the molecule is Cc1cccc(OCCCC(=O)OC(C)C(=O)N(C)Cc2cccc(F)c2)c1. The Kier molecular flexibility index (Phi) is 7.99. The standard InChI is InChI=1S/C22H26FNO4/c1-16-7-4-10-20(13-16)27-12-6-11-21(25)28-17(2)22(26)24(3)15-18-8-5-9-19(23)14-18/h4-5,7-10,13-14,17H,6,11-12,15H2,1-3H3. The highest BCUT2D eigenvalue weighted by atomic mass is 19.1. The predicted molar refractivity (Wildman–Crippen MR) is 104 cm³/mol. The van der Waals surface area contributed by atoms with Crippen LogP contribution in [-0.2, 0) is 20.9 Å². The van der Waals surface area contributed by atoms with Crippen LogP contribution in [0.2, 0.25) is 0 Å². The number of esters is 1. The first-order valence-electron chi connectivity index (χ1n) is 9.23. The van der Waals surface area contributed by atoms with Crippen LogP contribution in [0.5, 0.6) is 5.75 Å². The predicted octanol–water partition coefficient (Wildman–Crippen LogP) is 3.88. The smallest absolute Gasteiger partial charge is 0.306 e. The topological polar surface area (TPSA) is 55.8 Å². The van der Waals surface area contributed by atoms with E-state index in [1.807, 2.05) is 31.2 Å². The van der Waals surface area contributed by atoms with Gasteiger partial charge in [0.1, 0.15) is 11.6 Å². The van der Waals surface area contributed by atoms with E-state index in [9.17, 15) is 14.0 Å². The van der Waals surface area contributed by atoms with E-state index in [1.165, 1.54) is 24.0 Å². The minimum Gasteiger partial charge on any atom is -0.494 e. The number of likely N-dealkylation sites (N-methyl/N-ethyl adjacent to an activating group) is 1. The van der Waals surface area contributed by atoms with Gasteiger partial charge < -0.3 is 14.4 Å². The first kappa shape index (κ1) is 21.4. The summed E-state index contributed by atoms with van der Waals surface area (Å²) >= 11 is 0. The number of nitrogens with zero attached hydrogens (tertiary/aromatic N) is 1. The third-order valence-electron chi connectivity index (χ3n) is 4.12. The zero-order chi connectivity index (χ0) is 20.5. The number of carbonyl (C=O) groups is 2. The van der Waals surface area contributed by atoms with Crippen molar-refractivity contribution in [2.45, 2.75) is 39.3 Å². The molecule has 0 aliphatic heterocycles. The quantitative estimate of drug-likeness (QED) is 0.484. The first-order valence-corrected chi connectivity index (χ1v) is 9.23. The van der Waals surface area contributed by atoms with E-state index in [4.69, 9.17) is 9.47 Å². The molecule has 0 bridgehead atoms. The lowest BCUT2D eigenvalue weighted by molar-refractivity contribution is -0.158. The molecule has 0 heterocycles. The van der Waals surface area contributed by atoms with E-state index < -0.39 is 12.1 Å². The Bertz CT molecular complexity index is 809. The monoisotopic (exact) mass is 387 g/mol. The van der Waals surface area contributed by atoms with Crippen LogP contribution in [0.4, 0.5) is 4.39 Å². The number of ether oxygens (including phenoxy) is 2. The van der Waals surface area contributed by atoms with E-state index >= 15 is 0 Å². The molecule has 0 saturated heterocycles. The Balaban J connectivity index is 1.71. The number of aryl methyl sites for hydroxylation is 1. The number of carbonyl (C=O) groups excluding carboxylic acids is 2. The van der Waals surface area contributed by atoms with Gasteiger partial charge in [-0.2, -0.15) is 0 Å². The lowest BCUT2D eigenvalue weighted by Crippen LogP contribution is -2.37. The van der Waals surface area contributed by atoms with Gasteiger partial charge in [0.15, 0.2) is 6.10 Å². The van der Waals surface area contributed by atoms with Crippen molar-refractivity contribution in [3.8, 4) is 5.75 Å². The fourth-order valence-electron chi connectivity index (χ4n) is 2.72. The third kappa shape index (κ3) is 7.02. The molecule has 2 aromatic carbocycles. The van der Waals surface area contributed by atoms with Crippen molar-refractivity contribution in [1.29, 1.82) is 0 Å². The van der Waals surface area contributed by atoms with E-state index in [-0.39, 0.29) is 24.7 Å². The Hall–Kier alpha value is -2.89. The molecular weight excluding hydrogens is 361 g/mol. The molecule has 0 N–H and O–H groups in total. The molecule has 1 atom stereocenters.